The van der Waals surface area contributed by atoms with Crippen molar-refractivity contribution < 1.29 is 9.53 Å². The largest absolute Gasteiger partial charge is 0.444 e. The van der Waals surface area contributed by atoms with Crippen molar-refractivity contribution in [2.75, 3.05) is 20.1 Å². The van der Waals surface area contributed by atoms with E-state index in [-0.39, 0.29) is 12.2 Å². The number of amides is 1. The van der Waals surface area contributed by atoms with Gasteiger partial charge in [0.25, 0.3) is 0 Å². The minimum absolute atomic E-state index is 0.0908. The summed E-state index contributed by atoms with van der Waals surface area (Å²) in [5.74, 6) is 0. The molecule has 2 fully saturated rings. The van der Waals surface area contributed by atoms with Crippen molar-refractivity contribution in [1.82, 2.24) is 10.2 Å². The van der Waals surface area contributed by atoms with E-state index in [1.54, 1.807) is 0 Å². The standard InChI is InChI=1S/C10H18N2O2/c1-12-5-3-2-4-8(12)6-9-7-11-10(13)14-9/h8-9H,2-7H2,1H3,(H,11,13). The van der Waals surface area contributed by atoms with Gasteiger partial charge in [-0.05, 0) is 26.4 Å². The van der Waals surface area contributed by atoms with Crippen LogP contribution in [0.25, 0.3) is 0 Å². The molecule has 0 aromatic rings. The molecule has 0 aromatic carbocycles. The fraction of sp³-hybridized carbons (Fsp3) is 0.900. The summed E-state index contributed by atoms with van der Waals surface area (Å²) in [6.07, 6.45) is 4.67. The third-order valence-electron chi connectivity index (χ3n) is 3.20. The van der Waals surface area contributed by atoms with Crippen molar-refractivity contribution in [3.63, 3.8) is 0 Å². The van der Waals surface area contributed by atoms with Gasteiger partial charge in [0, 0.05) is 12.5 Å². The number of nitrogens with one attached hydrogen (secondary N) is 1. The van der Waals surface area contributed by atoms with Gasteiger partial charge in [-0.15, -0.1) is 0 Å². The number of cyclic esters (lactones) is 1. The highest BCUT2D eigenvalue weighted by Crippen LogP contribution is 2.21. The van der Waals surface area contributed by atoms with Gasteiger partial charge in [0.1, 0.15) is 6.10 Å². The first-order chi connectivity index (χ1) is 6.75. The van der Waals surface area contributed by atoms with Gasteiger partial charge in [0.15, 0.2) is 0 Å². The molecule has 0 radical (unpaired) electrons. The molecule has 1 N–H and O–H groups in total. The third-order valence-corrected chi connectivity index (χ3v) is 3.20. The molecule has 2 aliphatic heterocycles. The topological polar surface area (TPSA) is 41.6 Å². The van der Waals surface area contributed by atoms with Gasteiger partial charge in [-0.1, -0.05) is 6.42 Å². The quantitative estimate of drug-likeness (QED) is 0.719. The van der Waals surface area contributed by atoms with Crippen molar-refractivity contribution in [2.45, 2.75) is 37.8 Å². The summed E-state index contributed by atoms with van der Waals surface area (Å²) in [6, 6.07) is 0.599. The Bertz CT molecular complexity index is 220. The van der Waals surface area contributed by atoms with Crippen LogP contribution >= 0.6 is 0 Å². The molecular weight excluding hydrogens is 180 g/mol. The highest BCUT2D eigenvalue weighted by atomic mass is 16.6. The Morgan fingerprint density at radius 2 is 2.43 bits per heavy atom. The first kappa shape index (κ1) is 9.77. The zero-order valence-electron chi connectivity index (χ0n) is 8.66. The Morgan fingerprint density at radius 3 is 3.07 bits per heavy atom. The van der Waals surface area contributed by atoms with Gasteiger partial charge in [0.2, 0.25) is 0 Å². The van der Waals surface area contributed by atoms with E-state index in [2.05, 4.69) is 17.3 Å². The van der Waals surface area contributed by atoms with Crippen molar-refractivity contribution in [3.05, 3.63) is 0 Å². The molecule has 14 heavy (non-hydrogen) atoms. The highest BCUT2D eigenvalue weighted by molar-refractivity contribution is 5.69. The summed E-state index contributed by atoms with van der Waals surface area (Å²) >= 11 is 0. The predicted molar refractivity (Wildman–Crippen MR) is 53.2 cm³/mol. The van der Waals surface area contributed by atoms with Gasteiger partial charge >= 0.3 is 6.09 Å². The molecule has 0 saturated carbocycles. The Hall–Kier alpha value is -0.770. The summed E-state index contributed by atoms with van der Waals surface area (Å²) in [5.41, 5.74) is 0. The molecular formula is C10H18N2O2. The number of alkyl carbamates (subject to hydrolysis) is 1. The van der Waals surface area contributed by atoms with Crippen LogP contribution in [0.1, 0.15) is 25.7 Å². The number of carbonyl (C=O) groups excluding carboxylic acids is 1. The van der Waals surface area contributed by atoms with Crippen LogP contribution in [-0.2, 0) is 4.74 Å². The maximum absolute atomic E-state index is 10.8. The lowest BCUT2D eigenvalue weighted by molar-refractivity contribution is 0.0953. The molecule has 2 unspecified atom stereocenters. The summed E-state index contributed by atoms with van der Waals surface area (Å²) in [7, 11) is 2.16. The molecule has 80 valence electrons. The molecule has 2 atom stereocenters. The Kier molecular flexibility index (Phi) is 2.91. The van der Waals surface area contributed by atoms with Crippen LogP contribution in [0.15, 0.2) is 0 Å². The number of hydrogen-bond donors (Lipinski definition) is 1. The number of carbonyl (C=O) groups is 1. The van der Waals surface area contributed by atoms with Crippen LogP contribution in [0.4, 0.5) is 4.79 Å². The maximum atomic E-state index is 10.8. The predicted octanol–water partition coefficient (Wildman–Crippen LogP) is 0.969. The number of ether oxygens (including phenoxy) is 1. The molecule has 0 aliphatic carbocycles. The van der Waals surface area contributed by atoms with Crippen LogP contribution in [-0.4, -0.2) is 43.3 Å². The van der Waals surface area contributed by atoms with Gasteiger partial charge in [-0.2, -0.15) is 0 Å². The van der Waals surface area contributed by atoms with E-state index in [4.69, 9.17) is 4.74 Å². The van der Waals surface area contributed by atoms with E-state index in [0.29, 0.717) is 12.6 Å². The Morgan fingerprint density at radius 1 is 1.57 bits per heavy atom. The van der Waals surface area contributed by atoms with Gasteiger partial charge in [-0.25, -0.2) is 4.79 Å². The summed E-state index contributed by atoms with van der Waals surface area (Å²) < 4.78 is 5.14. The molecule has 0 spiro atoms. The van der Waals surface area contributed by atoms with Crippen LogP contribution in [0.5, 0.6) is 0 Å². The van der Waals surface area contributed by atoms with E-state index in [9.17, 15) is 4.79 Å². The molecule has 0 aromatic heterocycles. The lowest BCUT2D eigenvalue weighted by Crippen LogP contribution is -2.39. The van der Waals surface area contributed by atoms with Crippen LogP contribution < -0.4 is 5.32 Å². The average Bonchev–Trinajstić information content (AvgIpc) is 2.56. The molecule has 2 rings (SSSR count). The SMILES string of the molecule is CN1CCCCC1CC1CNC(=O)O1. The number of nitrogens with zero attached hydrogens (tertiary/aromatic N) is 1. The number of likely N-dealkylation sites (tertiary alicyclic amines) is 1. The zero-order chi connectivity index (χ0) is 9.97. The van der Waals surface area contributed by atoms with Crippen molar-refractivity contribution in [3.8, 4) is 0 Å². The Labute approximate surface area is 84.6 Å². The second-order valence-electron chi connectivity index (χ2n) is 4.27. The molecule has 0 bridgehead atoms. The highest BCUT2D eigenvalue weighted by Gasteiger charge is 2.28. The first-order valence-corrected chi connectivity index (χ1v) is 5.40. The van der Waals surface area contributed by atoms with E-state index < -0.39 is 0 Å². The van der Waals surface area contributed by atoms with E-state index >= 15 is 0 Å². The lowest BCUT2D eigenvalue weighted by atomic mass is 9.97. The molecule has 2 aliphatic rings. The minimum atomic E-state index is -0.256. The molecule has 2 heterocycles. The second-order valence-corrected chi connectivity index (χ2v) is 4.27. The number of piperidine rings is 1. The number of hydrogen-bond acceptors (Lipinski definition) is 3. The fourth-order valence-corrected chi connectivity index (χ4v) is 2.31. The monoisotopic (exact) mass is 198 g/mol. The molecule has 4 nitrogen and oxygen atoms in total. The van der Waals surface area contributed by atoms with E-state index in [1.807, 2.05) is 0 Å². The smallest absolute Gasteiger partial charge is 0.407 e. The van der Waals surface area contributed by atoms with E-state index in [0.717, 1.165) is 6.42 Å². The van der Waals surface area contributed by atoms with Crippen molar-refractivity contribution in [1.29, 1.82) is 0 Å². The van der Waals surface area contributed by atoms with Gasteiger partial charge < -0.3 is 15.0 Å². The first-order valence-electron chi connectivity index (χ1n) is 5.40. The van der Waals surface area contributed by atoms with Crippen LogP contribution in [0.3, 0.4) is 0 Å². The molecule has 4 heteroatoms. The van der Waals surface area contributed by atoms with Crippen LogP contribution in [0.2, 0.25) is 0 Å². The number of rotatable bonds is 2. The molecule has 1 amide bonds. The summed E-state index contributed by atoms with van der Waals surface area (Å²) in [6.45, 7) is 1.86. The van der Waals surface area contributed by atoms with Crippen LogP contribution in [0, 0.1) is 0 Å². The van der Waals surface area contributed by atoms with Gasteiger partial charge in [0.05, 0.1) is 6.54 Å². The fourth-order valence-electron chi connectivity index (χ4n) is 2.31. The Balaban J connectivity index is 1.81. The second kappa shape index (κ2) is 4.17. The average molecular weight is 198 g/mol. The lowest BCUT2D eigenvalue weighted by Gasteiger charge is -2.33. The van der Waals surface area contributed by atoms with Gasteiger partial charge in [-0.3, -0.25) is 0 Å². The minimum Gasteiger partial charge on any atom is -0.444 e. The zero-order valence-corrected chi connectivity index (χ0v) is 8.66. The summed E-state index contributed by atoms with van der Waals surface area (Å²) in [4.78, 5) is 13.2. The maximum Gasteiger partial charge on any atom is 0.407 e. The normalized spacial score (nSPS) is 33.9. The molecule has 2 saturated heterocycles. The summed E-state index contributed by atoms with van der Waals surface area (Å²) in [5, 5.41) is 2.69. The van der Waals surface area contributed by atoms with Crippen molar-refractivity contribution in [2.24, 2.45) is 0 Å². The van der Waals surface area contributed by atoms with E-state index in [1.165, 1.54) is 25.8 Å². The van der Waals surface area contributed by atoms with Crippen molar-refractivity contribution >= 4 is 6.09 Å². The third kappa shape index (κ3) is 2.18.